The maximum absolute atomic E-state index is 6.15. The molecule has 0 aliphatic carbocycles. The lowest BCUT2D eigenvalue weighted by molar-refractivity contribution is 0.401. The van der Waals surface area contributed by atoms with Crippen LogP contribution in [0.25, 0.3) is 11.2 Å². The molecular weight excluding hydrogens is 286 g/mol. The molecule has 6 nitrogen and oxygen atoms in total. The Morgan fingerprint density at radius 1 is 1.43 bits per heavy atom. The van der Waals surface area contributed by atoms with Crippen LogP contribution in [0.3, 0.4) is 0 Å². The quantitative estimate of drug-likeness (QED) is 0.784. The minimum absolute atomic E-state index is 0.139. The molecule has 0 radical (unpaired) electrons. The van der Waals surface area contributed by atoms with Crippen LogP contribution in [0.4, 0.5) is 5.95 Å². The Bertz CT molecular complexity index is 737. The smallest absolute Gasteiger partial charge is 0.245 e. The summed E-state index contributed by atoms with van der Waals surface area (Å²) >= 11 is 1.72. The van der Waals surface area contributed by atoms with E-state index < -0.39 is 0 Å². The Hall–Kier alpha value is -2.15. The lowest BCUT2D eigenvalue weighted by Crippen LogP contribution is -2.12. The van der Waals surface area contributed by atoms with Gasteiger partial charge in [0.1, 0.15) is 6.33 Å². The number of anilines is 1. The van der Waals surface area contributed by atoms with Crippen LogP contribution in [0.15, 0.2) is 23.8 Å². The predicted molar refractivity (Wildman–Crippen MR) is 83.7 cm³/mol. The van der Waals surface area contributed by atoms with E-state index in [4.69, 9.17) is 10.5 Å². The van der Waals surface area contributed by atoms with Gasteiger partial charge in [0, 0.05) is 4.88 Å². The van der Waals surface area contributed by atoms with Gasteiger partial charge in [-0.2, -0.15) is 4.98 Å². The molecule has 3 aromatic heterocycles. The van der Waals surface area contributed by atoms with E-state index in [1.54, 1.807) is 18.4 Å². The van der Waals surface area contributed by atoms with Gasteiger partial charge in [-0.15, -0.1) is 11.3 Å². The zero-order chi connectivity index (χ0) is 14.8. The van der Waals surface area contributed by atoms with E-state index in [1.165, 1.54) is 11.2 Å². The highest BCUT2D eigenvalue weighted by Crippen LogP contribution is 2.33. The van der Waals surface area contributed by atoms with Crippen molar-refractivity contribution >= 4 is 28.4 Å². The number of rotatable bonds is 5. The zero-order valence-corrected chi connectivity index (χ0v) is 12.8. The van der Waals surface area contributed by atoms with Crippen LogP contribution in [-0.4, -0.2) is 26.6 Å². The van der Waals surface area contributed by atoms with Crippen molar-refractivity contribution in [1.82, 2.24) is 19.5 Å². The first-order valence-corrected chi connectivity index (χ1v) is 7.70. The largest absolute Gasteiger partial charge is 0.479 e. The SMILES string of the molecule is CCCC(c1cccs1)n1c(N)nc2c(OC)ncnc21. The third-order valence-electron chi connectivity index (χ3n) is 3.41. The number of nitrogen functional groups attached to an aromatic ring is 1. The number of nitrogens with two attached hydrogens (primary N) is 1. The molecule has 0 amide bonds. The Morgan fingerprint density at radius 3 is 2.95 bits per heavy atom. The highest BCUT2D eigenvalue weighted by molar-refractivity contribution is 7.10. The van der Waals surface area contributed by atoms with Crippen molar-refractivity contribution in [3.8, 4) is 5.88 Å². The fraction of sp³-hybridized carbons (Fsp3) is 0.357. The molecule has 0 spiro atoms. The van der Waals surface area contributed by atoms with Gasteiger partial charge in [-0.1, -0.05) is 19.4 Å². The molecule has 2 N–H and O–H groups in total. The highest BCUT2D eigenvalue weighted by Gasteiger charge is 2.22. The van der Waals surface area contributed by atoms with E-state index in [9.17, 15) is 0 Å². The second kappa shape index (κ2) is 5.69. The summed E-state index contributed by atoms with van der Waals surface area (Å²) < 4.78 is 7.23. The number of nitrogens with zero attached hydrogens (tertiary/aromatic N) is 4. The summed E-state index contributed by atoms with van der Waals surface area (Å²) in [6, 6.07) is 4.31. The molecule has 0 aliphatic heterocycles. The second-order valence-electron chi connectivity index (χ2n) is 4.72. The van der Waals surface area contributed by atoms with E-state index in [0.717, 1.165) is 12.8 Å². The van der Waals surface area contributed by atoms with Crippen molar-refractivity contribution in [2.24, 2.45) is 0 Å². The summed E-state index contributed by atoms with van der Waals surface area (Å²) in [5.74, 6) is 0.891. The van der Waals surface area contributed by atoms with Crippen LogP contribution in [0, 0.1) is 0 Å². The summed E-state index contributed by atoms with van der Waals surface area (Å²) in [4.78, 5) is 14.1. The molecule has 0 bridgehead atoms. The Kier molecular flexibility index (Phi) is 3.74. The van der Waals surface area contributed by atoms with Crippen LogP contribution < -0.4 is 10.5 Å². The van der Waals surface area contributed by atoms with Crippen molar-refractivity contribution in [1.29, 1.82) is 0 Å². The Morgan fingerprint density at radius 2 is 2.29 bits per heavy atom. The Labute approximate surface area is 126 Å². The summed E-state index contributed by atoms with van der Waals surface area (Å²) in [7, 11) is 1.57. The minimum atomic E-state index is 0.139. The maximum atomic E-state index is 6.15. The number of hydrogen-bond donors (Lipinski definition) is 1. The molecule has 3 heterocycles. The van der Waals surface area contributed by atoms with Crippen molar-refractivity contribution in [2.45, 2.75) is 25.8 Å². The van der Waals surface area contributed by atoms with Gasteiger partial charge in [-0.25, -0.2) is 9.97 Å². The van der Waals surface area contributed by atoms with E-state index in [1.807, 2.05) is 10.6 Å². The van der Waals surface area contributed by atoms with Crippen molar-refractivity contribution < 1.29 is 4.74 Å². The number of aromatic nitrogens is 4. The van der Waals surface area contributed by atoms with Crippen LogP contribution in [-0.2, 0) is 0 Å². The minimum Gasteiger partial charge on any atom is -0.479 e. The zero-order valence-electron chi connectivity index (χ0n) is 12.0. The molecule has 0 fully saturated rings. The molecular formula is C14H17N5OS. The first-order chi connectivity index (χ1) is 10.3. The standard InChI is InChI=1S/C14H17N5OS/c1-3-5-9(10-6-4-7-21-10)19-12-11(18-14(19)15)13(20-2)17-8-16-12/h4,6-9H,3,5H2,1-2H3,(H2,15,18). The van der Waals surface area contributed by atoms with Crippen molar-refractivity contribution in [3.63, 3.8) is 0 Å². The molecule has 110 valence electrons. The molecule has 21 heavy (non-hydrogen) atoms. The summed E-state index contributed by atoms with van der Waals surface area (Å²) in [5, 5.41) is 2.07. The monoisotopic (exact) mass is 303 g/mol. The molecule has 0 saturated carbocycles. The number of thiophene rings is 1. The number of hydrogen-bond acceptors (Lipinski definition) is 6. The van der Waals surface area contributed by atoms with Gasteiger partial charge >= 0.3 is 0 Å². The molecule has 7 heteroatoms. The van der Waals surface area contributed by atoms with Crippen molar-refractivity contribution in [3.05, 3.63) is 28.7 Å². The lowest BCUT2D eigenvalue weighted by atomic mass is 10.1. The molecule has 0 aliphatic rings. The molecule has 1 unspecified atom stereocenters. The second-order valence-corrected chi connectivity index (χ2v) is 5.69. The van der Waals surface area contributed by atoms with Gasteiger partial charge in [0.15, 0.2) is 11.2 Å². The molecule has 3 aromatic rings. The number of ether oxygens (including phenoxy) is 1. The van der Waals surface area contributed by atoms with E-state index in [0.29, 0.717) is 23.0 Å². The summed E-state index contributed by atoms with van der Waals surface area (Å²) in [5.41, 5.74) is 7.47. The lowest BCUT2D eigenvalue weighted by Gasteiger charge is -2.18. The molecule has 3 rings (SSSR count). The first kappa shape index (κ1) is 13.8. The predicted octanol–water partition coefficient (Wildman–Crippen LogP) is 2.87. The Balaban J connectivity index is 2.20. The molecule has 0 aromatic carbocycles. The average Bonchev–Trinajstić information content (AvgIpc) is 3.12. The number of imidazole rings is 1. The normalized spacial score (nSPS) is 12.7. The third-order valence-corrected chi connectivity index (χ3v) is 4.38. The van der Waals surface area contributed by atoms with Gasteiger partial charge in [0.2, 0.25) is 11.8 Å². The fourth-order valence-electron chi connectivity index (χ4n) is 2.51. The van der Waals surface area contributed by atoms with Gasteiger partial charge in [0.25, 0.3) is 0 Å². The van der Waals surface area contributed by atoms with E-state index in [2.05, 4.69) is 33.3 Å². The van der Waals surface area contributed by atoms with E-state index in [-0.39, 0.29) is 6.04 Å². The van der Waals surface area contributed by atoms with E-state index >= 15 is 0 Å². The van der Waals surface area contributed by atoms with Gasteiger partial charge in [0.05, 0.1) is 13.2 Å². The fourth-order valence-corrected chi connectivity index (χ4v) is 3.37. The van der Waals surface area contributed by atoms with Crippen LogP contribution >= 0.6 is 11.3 Å². The molecule has 1 atom stereocenters. The number of methoxy groups -OCH3 is 1. The van der Waals surface area contributed by atoms with Crippen LogP contribution in [0.5, 0.6) is 5.88 Å². The van der Waals surface area contributed by atoms with Gasteiger partial charge in [-0.3, -0.25) is 4.57 Å². The number of fused-ring (bicyclic) bond motifs is 1. The summed E-state index contributed by atoms with van der Waals surface area (Å²) in [6.45, 7) is 2.16. The first-order valence-electron chi connectivity index (χ1n) is 6.82. The van der Waals surface area contributed by atoms with Crippen LogP contribution in [0.1, 0.15) is 30.7 Å². The highest BCUT2D eigenvalue weighted by atomic mass is 32.1. The van der Waals surface area contributed by atoms with Gasteiger partial charge < -0.3 is 10.5 Å². The maximum Gasteiger partial charge on any atom is 0.245 e. The third kappa shape index (κ3) is 2.33. The van der Waals surface area contributed by atoms with Crippen molar-refractivity contribution in [2.75, 3.05) is 12.8 Å². The molecule has 0 saturated heterocycles. The topological polar surface area (TPSA) is 78.9 Å². The van der Waals surface area contributed by atoms with Crippen LogP contribution in [0.2, 0.25) is 0 Å². The van der Waals surface area contributed by atoms with Gasteiger partial charge in [-0.05, 0) is 17.9 Å². The average molecular weight is 303 g/mol. The summed E-state index contributed by atoms with van der Waals surface area (Å²) in [6.07, 6.45) is 3.50.